The van der Waals surface area contributed by atoms with E-state index in [-0.39, 0.29) is 5.92 Å². The summed E-state index contributed by atoms with van der Waals surface area (Å²) in [6, 6.07) is 0. The molecule has 3 nitrogen and oxygen atoms in total. The molecule has 1 aliphatic carbocycles. The number of amides is 1. The van der Waals surface area contributed by atoms with Crippen molar-refractivity contribution in [3.63, 3.8) is 0 Å². The van der Waals surface area contributed by atoms with Crippen LogP contribution in [0.1, 0.15) is 12.8 Å². The lowest BCUT2D eigenvalue weighted by Crippen LogP contribution is -2.37. The van der Waals surface area contributed by atoms with E-state index in [9.17, 15) is 4.79 Å². The van der Waals surface area contributed by atoms with Crippen molar-refractivity contribution in [3.05, 3.63) is 24.3 Å². The van der Waals surface area contributed by atoms with Crippen molar-refractivity contribution in [2.45, 2.75) is 12.8 Å². The summed E-state index contributed by atoms with van der Waals surface area (Å²) in [5.41, 5.74) is 0.997. The van der Waals surface area contributed by atoms with Crippen molar-refractivity contribution in [2.24, 2.45) is 17.8 Å². The minimum absolute atomic E-state index is 0.0479. The maximum Gasteiger partial charge on any atom is 0.230 e. The van der Waals surface area contributed by atoms with E-state index >= 15 is 0 Å². The van der Waals surface area contributed by atoms with Crippen LogP contribution in [-0.2, 0) is 4.79 Å². The first kappa shape index (κ1) is 11.0. The molecular weight excluding hydrogens is 212 g/mol. The van der Waals surface area contributed by atoms with E-state index in [0.717, 1.165) is 44.6 Å². The molecule has 2 aliphatic heterocycles. The first-order valence-electron chi connectivity index (χ1n) is 6.60. The predicted molar refractivity (Wildman–Crippen MR) is 67.4 cm³/mol. The number of likely N-dealkylation sites (tertiary alicyclic amines) is 1. The number of carbonyl (C=O) groups is 1. The van der Waals surface area contributed by atoms with E-state index in [2.05, 4.69) is 22.9 Å². The fraction of sp³-hybridized carbons (Fsp3) is 0.643. The highest BCUT2D eigenvalue weighted by Gasteiger charge is 2.40. The zero-order valence-corrected chi connectivity index (χ0v) is 10.2. The minimum atomic E-state index is 0.0479. The molecule has 3 heteroatoms. The Hall–Kier alpha value is -1.09. The molecule has 2 saturated heterocycles. The molecule has 0 aromatic rings. The van der Waals surface area contributed by atoms with Crippen LogP contribution in [0, 0.1) is 17.8 Å². The Bertz CT molecular complexity index is 362. The molecule has 2 unspecified atom stereocenters. The van der Waals surface area contributed by atoms with Gasteiger partial charge in [0, 0.05) is 26.2 Å². The monoisotopic (exact) mass is 232 g/mol. The Morgan fingerprint density at radius 2 is 2.06 bits per heavy atom. The zero-order chi connectivity index (χ0) is 11.8. The van der Waals surface area contributed by atoms with Gasteiger partial charge in [0.15, 0.2) is 0 Å². The molecule has 2 fully saturated rings. The van der Waals surface area contributed by atoms with Gasteiger partial charge in [-0.3, -0.25) is 4.79 Å². The Kier molecular flexibility index (Phi) is 2.79. The Morgan fingerprint density at radius 1 is 1.35 bits per heavy atom. The Morgan fingerprint density at radius 3 is 2.71 bits per heavy atom. The first-order valence-corrected chi connectivity index (χ1v) is 6.60. The summed E-state index contributed by atoms with van der Waals surface area (Å²) in [6.45, 7) is 8.08. The SMILES string of the molecule is C=C1C=CCC[C@H]1C(=O)N1CC2CNCC2C1. The van der Waals surface area contributed by atoms with Gasteiger partial charge in [-0.2, -0.15) is 0 Å². The summed E-state index contributed by atoms with van der Waals surface area (Å²) in [4.78, 5) is 14.5. The topological polar surface area (TPSA) is 32.3 Å². The van der Waals surface area contributed by atoms with Gasteiger partial charge < -0.3 is 10.2 Å². The minimum Gasteiger partial charge on any atom is -0.341 e. The van der Waals surface area contributed by atoms with Crippen LogP contribution in [0.3, 0.4) is 0 Å². The van der Waals surface area contributed by atoms with Crippen molar-refractivity contribution in [1.82, 2.24) is 10.2 Å². The molecule has 0 aromatic heterocycles. The van der Waals surface area contributed by atoms with Crippen molar-refractivity contribution in [3.8, 4) is 0 Å². The highest BCUT2D eigenvalue weighted by molar-refractivity contribution is 5.82. The maximum atomic E-state index is 12.5. The summed E-state index contributed by atoms with van der Waals surface area (Å²) in [5, 5.41) is 3.41. The fourth-order valence-electron chi connectivity index (χ4n) is 3.34. The summed E-state index contributed by atoms with van der Waals surface area (Å²) in [6.07, 6.45) is 6.09. The molecule has 0 bridgehead atoms. The fourth-order valence-corrected chi connectivity index (χ4v) is 3.34. The lowest BCUT2D eigenvalue weighted by molar-refractivity contribution is -0.133. The second-order valence-electron chi connectivity index (χ2n) is 5.53. The van der Waals surface area contributed by atoms with Gasteiger partial charge in [0.2, 0.25) is 5.91 Å². The largest absolute Gasteiger partial charge is 0.341 e. The third-order valence-corrected chi connectivity index (χ3v) is 4.40. The second kappa shape index (κ2) is 4.30. The van der Waals surface area contributed by atoms with Gasteiger partial charge in [-0.25, -0.2) is 0 Å². The summed E-state index contributed by atoms with van der Waals surface area (Å²) in [7, 11) is 0. The van der Waals surface area contributed by atoms with Gasteiger partial charge in [-0.05, 0) is 30.3 Å². The van der Waals surface area contributed by atoms with Gasteiger partial charge in [0.1, 0.15) is 0 Å². The van der Waals surface area contributed by atoms with Crippen LogP contribution in [0.25, 0.3) is 0 Å². The third-order valence-electron chi connectivity index (χ3n) is 4.40. The van der Waals surface area contributed by atoms with Gasteiger partial charge >= 0.3 is 0 Å². The molecule has 0 spiro atoms. The molecular formula is C14H20N2O. The molecule has 0 aromatic carbocycles. The lowest BCUT2D eigenvalue weighted by atomic mass is 9.89. The van der Waals surface area contributed by atoms with Crippen LogP contribution in [0.15, 0.2) is 24.3 Å². The van der Waals surface area contributed by atoms with Gasteiger partial charge in [0.05, 0.1) is 5.92 Å². The van der Waals surface area contributed by atoms with E-state index in [4.69, 9.17) is 0 Å². The van der Waals surface area contributed by atoms with Crippen LogP contribution in [0.4, 0.5) is 0 Å². The van der Waals surface area contributed by atoms with Crippen LogP contribution >= 0.6 is 0 Å². The normalized spacial score (nSPS) is 36.4. The summed E-state index contributed by atoms with van der Waals surface area (Å²) in [5.74, 6) is 1.73. The summed E-state index contributed by atoms with van der Waals surface area (Å²) < 4.78 is 0. The molecule has 1 N–H and O–H groups in total. The van der Waals surface area contributed by atoms with E-state index in [1.165, 1.54) is 0 Å². The van der Waals surface area contributed by atoms with Crippen LogP contribution < -0.4 is 5.32 Å². The number of hydrogen-bond acceptors (Lipinski definition) is 2. The maximum absolute atomic E-state index is 12.5. The molecule has 3 rings (SSSR count). The average molecular weight is 232 g/mol. The highest BCUT2D eigenvalue weighted by Crippen LogP contribution is 2.31. The molecule has 92 valence electrons. The average Bonchev–Trinajstić information content (AvgIpc) is 2.88. The molecule has 17 heavy (non-hydrogen) atoms. The number of carbonyl (C=O) groups excluding carboxylic acids is 1. The number of allylic oxidation sites excluding steroid dienone is 2. The van der Waals surface area contributed by atoms with Crippen molar-refractivity contribution in [1.29, 1.82) is 0 Å². The van der Waals surface area contributed by atoms with E-state index in [1.807, 2.05) is 6.08 Å². The smallest absolute Gasteiger partial charge is 0.230 e. The number of nitrogens with one attached hydrogen (secondary N) is 1. The Labute approximate surface area is 103 Å². The van der Waals surface area contributed by atoms with Crippen molar-refractivity contribution < 1.29 is 4.79 Å². The van der Waals surface area contributed by atoms with Gasteiger partial charge in [-0.1, -0.05) is 18.7 Å². The molecule has 0 saturated carbocycles. The van der Waals surface area contributed by atoms with Crippen molar-refractivity contribution in [2.75, 3.05) is 26.2 Å². The van der Waals surface area contributed by atoms with Crippen LogP contribution in [-0.4, -0.2) is 37.0 Å². The standard InChI is InChI=1S/C14H20N2O/c1-10-4-2-3-5-13(10)14(17)16-8-11-6-15-7-12(11)9-16/h2,4,11-13,15H,1,3,5-9H2/t11?,12?,13-/m1/s1. The Balaban J connectivity index is 1.67. The van der Waals surface area contributed by atoms with Crippen molar-refractivity contribution >= 4 is 5.91 Å². The predicted octanol–water partition coefficient (Wildman–Crippen LogP) is 1.19. The number of nitrogens with zero attached hydrogens (tertiary/aromatic N) is 1. The second-order valence-corrected chi connectivity index (χ2v) is 5.53. The number of hydrogen-bond donors (Lipinski definition) is 1. The zero-order valence-electron chi connectivity index (χ0n) is 10.2. The lowest BCUT2D eigenvalue weighted by Gasteiger charge is -2.26. The van der Waals surface area contributed by atoms with E-state index in [1.54, 1.807) is 0 Å². The van der Waals surface area contributed by atoms with Crippen LogP contribution in [0.5, 0.6) is 0 Å². The molecule has 3 atom stereocenters. The molecule has 2 heterocycles. The number of rotatable bonds is 1. The highest BCUT2D eigenvalue weighted by atomic mass is 16.2. The third kappa shape index (κ3) is 1.93. The van der Waals surface area contributed by atoms with Crippen LogP contribution in [0.2, 0.25) is 0 Å². The molecule has 3 aliphatic rings. The van der Waals surface area contributed by atoms with E-state index < -0.39 is 0 Å². The van der Waals surface area contributed by atoms with Gasteiger partial charge in [0.25, 0.3) is 0 Å². The van der Waals surface area contributed by atoms with E-state index in [0.29, 0.717) is 17.7 Å². The number of fused-ring (bicyclic) bond motifs is 1. The first-order chi connectivity index (χ1) is 8.25. The molecule has 0 radical (unpaired) electrons. The quantitative estimate of drug-likeness (QED) is 0.736. The molecule has 1 amide bonds. The van der Waals surface area contributed by atoms with Gasteiger partial charge in [-0.15, -0.1) is 0 Å². The summed E-state index contributed by atoms with van der Waals surface area (Å²) >= 11 is 0.